The first-order chi connectivity index (χ1) is 9.59. The van der Waals surface area contributed by atoms with Gasteiger partial charge in [0.25, 0.3) is 0 Å². The molecule has 1 fully saturated rings. The Bertz CT molecular complexity index is 513. The van der Waals surface area contributed by atoms with Gasteiger partial charge in [0, 0.05) is 19.2 Å². The van der Waals surface area contributed by atoms with E-state index in [9.17, 15) is 8.42 Å². The topological polar surface area (TPSA) is 75.4 Å². The van der Waals surface area contributed by atoms with Crippen molar-refractivity contribution in [3.05, 3.63) is 17.5 Å². The van der Waals surface area contributed by atoms with Gasteiger partial charge in [0.15, 0.2) is 15.6 Å². The van der Waals surface area contributed by atoms with Crippen LogP contribution >= 0.6 is 0 Å². The van der Waals surface area contributed by atoms with Gasteiger partial charge < -0.3 is 9.84 Å². The molecule has 1 aliphatic heterocycles. The number of nitrogens with zero attached hydrogens (tertiary/aromatic N) is 2. The average molecular weight is 301 g/mol. The van der Waals surface area contributed by atoms with Crippen molar-refractivity contribution in [3.63, 3.8) is 0 Å². The molecule has 0 aliphatic carbocycles. The van der Waals surface area contributed by atoms with Crippen molar-refractivity contribution in [1.29, 1.82) is 0 Å². The lowest BCUT2D eigenvalue weighted by atomic mass is 10.3. The molecule has 20 heavy (non-hydrogen) atoms. The Labute approximate surface area is 120 Å². The Morgan fingerprint density at radius 1 is 1.40 bits per heavy atom. The summed E-state index contributed by atoms with van der Waals surface area (Å²) in [4.78, 5) is 2.12. The number of aromatic nitrogens is 1. The fourth-order valence-corrected chi connectivity index (χ4v) is 3.58. The minimum Gasteiger partial charge on any atom is -0.360 e. The first-order valence-electron chi connectivity index (χ1n) is 7.17. The van der Waals surface area contributed by atoms with Crippen LogP contribution in [0.1, 0.15) is 31.2 Å². The molecular formula is C13H23N3O3S. The van der Waals surface area contributed by atoms with Crippen molar-refractivity contribution in [2.75, 3.05) is 31.1 Å². The smallest absolute Gasteiger partial charge is 0.151 e. The molecule has 0 unspecified atom stereocenters. The van der Waals surface area contributed by atoms with Gasteiger partial charge in [0.2, 0.25) is 0 Å². The van der Waals surface area contributed by atoms with Crippen LogP contribution in [0.15, 0.2) is 10.6 Å². The number of hydrogen-bond acceptors (Lipinski definition) is 6. The lowest BCUT2D eigenvalue weighted by molar-refractivity contribution is 0.245. The van der Waals surface area contributed by atoms with Crippen LogP contribution < -0.4 is 5.32 Å². The SMILES string of the molecule is CCCNCc1cc(CN2CCCS(=O)(=O)CC2)on1. The molecule has 6 nitrogen and oxygen atoms in total. The van der Waals surface area contributed by atoms with E-state index in [0.717, 1.165) is 31.0 Å². The van der Waals surface area contributed by atoms with E-state index in [4.69, 9.17) is 4.52 Å². The van der Waals surface area contributed by atoms with Crippen molar-refractivity contribution in [3.8, 4) is 0 Å². The molecule has 1 aromatic rings. The third-order valence-corrected chi connectivity index (χ3v) is 5.08. The Balaban J connectivity index is 1.84. The standard InChI is InChI=1S/C13H23N3O3S/c1-2-4-14-10-12-9-13(19-15-12)11-16-5-3-7-20(17,18)8-6-16/h9,14H,2-8,10-11H2,1H3. The molecule has 1 aliphatic rings. The van der Waals surface area contributed by atoms with Crippen LogP contribution in [-0.2, 0) is 22.9 Å². The summed E-state index contributed by atoms with van der Waals surface area (Å²) in [6, 6.07) is 1.95. The number of sulfone groups is 1. The van der Waals surface area contributed by atoms with Gasteiger partial charge in [-0.05, 0) is 25.9 Å². The number of nitrogens with one attached hydrogen (secondary N) is 1. The van der Waals surface area contributed by atoms with E-state index in [1.165, 1.54) is 0 Å². The first-order valence-corrected chi connectivity index (χ1v) is 8.99. The molecule has 7 heteroatoms. The molecule has 2 heterocycles. The highest BCUT2D eigenvalue weighted by molar-refractivity contribution is 7.91. The Hall–Kier alpha value is -0.920. The van der Waals surface area contributed by atoms with Crippen LogP contribution in [-0.4, -0.2) is 49.6 Å². The van der Waals surface area contributed by atoms with Gasteiger partial charge in [-0.3, -0.25) is 4.90 Å². The second-order valence-corrected chi connectivity index (χ2v) is 7.55. The zero-order valence-corrected chi connectivity index (χ0v) is 12.8. The van der Waals surface area contributed by atoms with Gasteiger partial charge in [-0.15, -0.1) is 0 Å². The van der Waals surface area contributed by atoms with Gasteiger partial charge in [-0.2, -0.15) is 0 Å². The van der Waals surface area contributed by atoms with Gasteiger partial charge in [0.05, 0.1) is 23.7 Å². The summed E-state index contributed by atoms with van der Waals surface area (Å²) in [6.45, 7) is 5.80. The summed E-state index contributed by atoms with van der Waals surface area (Å²) in [5.41, 5.74) is 0.899. The summed E-state index contributed by atoms with van der Waals surface area (Å²) in [7, 11) is -2.85. The molecular weight excluding hydrogens is 278 g/mol. The zero-order valence-electron chi connectivity index (χ0n) is 12.0. The summed E-state index contributed by atoms with van der Waals surface area (Å²) in [5, 5.41) is 7.30. The quantitative estimate of drug-likeness (QED) is 0.783. The van der Waals surface area contributed by atoms with E-state index in [2.05, 4.69) is 22.3 Å². The van der Waals surface area contributed by atoms with Crippen LogP contribution in [0.4, 0.5) is 0 Å². The Morgan fingerprint density at radius 2 is 2.25 bits per heavy atom. The first kappa shape index (κ1) is 15.5. The molecule has 0 bridgehead atoms. The highest BCUT2D eigenvalue weighted by Crippen LogP contribution is 2.11. The van der Waals surface area contributed by atoms with Gasteiger partial charge in [-0.25, -0.2) is 8.42 Å². The lowest BCUT2D eigenvalue weighted by Gasteiger charge is -2.16. The molecule has 1 saturated heterocycles. The summed E-state index contributed by atoms with van der Waals surface area (Å²) < 4.78 is 28.4. The summed E-state index contributed by atoms with van der Waals surface area (Å²) >= 11 is 0. The molecule has 0 spiro atoms. The minimum atomic E-state index is -2.85. The van der Waals surface area contributed by atoms with Crippen molar-refractivity contribution >= 4 is 9.84 Å². The van der Waals surface area contributed by atoms with Crippen molar-refractivity contribution in [2.45, 2.75) is 32.9 Å². The Morgan fingerprint density at radius 3 is 3.05 bits per heavy atom. The predicted octanol–water partition coefficient (Wildman–Crippen LogP) is 0.795. The molecule has 1 N–H and O–H groups in total. The third-order valence-electron chi connectivity index (χ3n) is 3.37. The largest absolute Gasteiger partial charge is 0.360 e. The number of rotatable bonds is 6. The van der Waals surface area contributed by atoms with E-state index >= 15 is 0 Å². The molecule has 0 amide bonds. The maximum Gasteiger partial charge on any atom is 0.151 e. The maximum atomic E-state index is 11.5. The fraction of sp³-hybridized carbons (Fsp3) is 0.769. The molecule has 2 rings (SSSR count). The molecule has 0 atom stereocenters. The van der Waals surface area contributed by atoms with Crippen molar-refractivity contribution in [2.24, 2.45) is 0 Å². The van der Waals surface area contributed by atoms with E-state index in [-0.39, 0.29) is 5.75 Å². The second kappa shape index (κ2) is 7.19. The predicted molar refractivity (Wildman–Crippen MR) is 77.0 cm³/mol. The maximum absolute atomic E-state index is 11.5. The molecule has 1 aromatic heterocycles. The van der Waals surface area contributed by atoms with Gasteiger partial charge in [0.1, 0.15) is 0 Å². The normalized spacial score (nSPS) is 19.9. The highest BCUT2D eigenvalue weighted by atomic mass is 32.2. The van der Waals surface area contributed by atoms with Crippen LogP contribution in [0, 0.1) is 0 Å². The second-order valence-electron chi connectivity index (χ2n) is 5.24. The van der Waals surface area contributed by atoms with Crippen LogP contribution in [0.5, 0.6) is 0 Å². The van der Waals surface area contributed by atoms with Crippen molar-refractivity contribution < 1.29 is 12.9 Å². The minimum absolute atomic E-state index is 0.242. The molecule has 0 radical (unpaired) electrons. The van der Waals surface area contributed by atoms with Crippen LogP contribution in [0.25, 0.3) is 0 Å². The van der Waals surface area contributed by atoms with Crippen molar-refractivity contribution in [1.82, 2.24) is 15.4 Å². The van der Waals surface area contributed by atoms with Crippen LogP contribution in [0.2, 0.25) is 0 Å². The third kappa shape index (κ3) is 4.88. The summed E-state index contributed by atoms with van der Waals surface area (Å²) in [6.07, 6.45) is 1.79. The van der Waals surface area contributed by atoms with E-state index in [1.807, 2.05) is 6.07 Å². The molecule has 114 valence electrons. The monoisotopic (exact) mass is 301 g/mol. The van der Waals surface area contributed by atoms with Gasteiger partial charge in [-0.1, -0.05) is 12.1 Å². The highest BCUT2D eigenvalue weighted by Gasteiger charge is 2.20. The lowest BCUT2D eigenvalue weighted by Crippen LogP contribution is -2.26. The Kier molecular flexibility index (Phi) is 5.56. The number of hydrogen-bond donors (Lipinski definition) is 1. The van der Waals surface area contributed by atoms with E-state index in [1.54, 1.807) is 0 Å². The van der Waals surface area contributed by atoms with Gasteiger partial charge >= 0.3 is 0 Å². The molecule has 0 saturated carbocycles. The van der Waals surface area contributed by atoms with E-state index in [0.29, 0.717) is 31.8 Å². The van der Waals surface area contributed by atoms with E-state index < -0.39 is 9.84 Å². The molecule has 0 aromatic carbocycles. The zero-order chi connectivity index (χ0) is 14.4. The fourth-order valence-electron chi connectivity index (χ4n) is 2.28. The summed E-state index contributed by atoms with van der Waals surface area (Å²) in [5.74, 6) is 1.34. The average Bonchev–Trinajstić information content (AvgIpc) is 2.76. The van der Waals surface area contributed by atoms with Crippen LogP contribution in [0.3, 0.4) is 0 Å².